The Morgan fingerprint density at radius 2 is 2.21 bits per heavy atom. The first-order chi connectivity index (χ1) is 16.0. The normalized spacial score (nSPS) is 16.3. The van der Waals surface area contributed by atoms with Crippen molar-refractivity contribution in [2.24, 2.45) is 0 Å². The highest BCUT2D eigenvalue weighted by Crippen LogP contribution is 2.35. The van der Waals surface area contributed by atoms with E-state index < -0.39 is 0 Å². The van der Waals surface area contributed by atoms with Gasteiger partial charge in [-0.25, -0.2) is 9.97 Å². The first-order valence-corrected chi connectivity index (χ1v) is 11.7. The topological polar surface area (TPSA) is 101 Å². The number of nitrogens with zero attached hydrogens (tertiary/aromatic N) is 3. The maximum Gasteiger partial charge on any atom is 0.264 e. The van der Waals surface area contributed by atoms with E-state index in [0.29, 0.717) is 39.5 Å². The highest BCUT2D eigenvalue weighted by atomic mass is 32.1. The van der Waals surface area contributed by atoms with Gasteiger partial charge in [0.1, 0.15) is 22.4 Å². The summed E-state index contributed by atoms with van der Waals surface area (Å²) < 4.78 is 11.4. The number of methoxy groups -OCH3 is 1. The van der Waals surface area contributed by atoms with Crippen LogP contribution in [0, 0.1) is 6.92 Å². The molecule has 8 nitrogen and oxygen atoms in total. The van der Waals surface area contributed by atoms with Crippen molar-refractivity contribution in [3.05, 3.63) is 74.8 Å². The summed E-state index contributed by atoms with van der Waals surface area (Å²) in [5.74, 6) is 1.98. The summed E-state index contributed by atoms with van der Waals surface area (Å²) in [5, 5.41) is 0.483. The molecule has 1 N–H and O–H groups in total. The number of hydrogen-bond acceptors (Lipinski definition) is 7. The van der Waals surface area contributed by atoms with Gasteiger partial charge in [0.15, 0.2) is 0 Å². The van der Waals surface area contributed by atoms with Gasteiger partial charge in [-0.1, -0.05) is 12.1 Å². The van der Waals surface area contributed by atoms with Crippen LogP contribution in [0.2, 0.25) is 0 Å². The fourth-order valence-corrected chi connectivity index (χ4v) is 5.49. The number of amides is 1. The SMILES string of the molecule is COc1cccc(Cc2cnc(C3CCCCN3C(=O)c3sc4nc[nH]c(=O)c4c3C)o2)c1. The summed E-state index contributed by atoms with van der Waals surface area (Å²) in [6, 6.07) is 7.60. The highest BCUT2D eigenvalue weighted by Gasteiger charge is 2.34. The van der Waals surface area contributed by atoms with Crippen LogP contribution in [-0.4, -0.2) is 39.4 Å². The summed E-state index contributed by atoms with van der Waals surface area (Å²) in [6.45, 7) is 2.42. The molecule has 9 heteroatoms. The first-order valence-electron chi connectivity index (χ1n) is 10.9. The number of rotatable bonds is 5. The van der Waals surface area contributed by atoms with E-state index in [2.05, 4.69) is 15.0 Å². The average molecular weight is 465 g/mol. The Labute approximate surface area is 194 Å². The summed E-state index contributed by atoms with van der Waals surface area (Å²) in [5.41, 5.74) is 1.51. The lowest BCUT2D eigenvalue weighted by atomic mass is 10.0. The van der Waals surface area contributed by atoms with E-state index in [1.807, 2.05) is 29.2 Å². The van der Waals surface area contributed by atoms with Crippen molar-refractivity contribution in [2.75, 3.05) is 13.7 Å². The van der Waals surface area contributed by atoms with Gasteiger partial charge in [-0.05, 0) is 49.4 Å². The van der Waals surface area contributed by atoms with Crippen LogP contribution in [0.4, 0.5) is 0 Å². The van der Waals surface area contributed by atoms with Crippen molar-refractivity contribution in [1.29, 1.82) is 0 Å². The number of carbonyl (C=O) groups excluding carboxylic acids is 1. The predicted octanol–water partition coefficient (Wildman–Crippen LogP) is 4.25. The lowest BCUT2D eigenvalue weighted by Crippen LogP contribution is -2.38. The Balaban J connectivity index is 1.42. The van der Waals surface area contributed by atoms with Crippen LogP contribution >= 0.6 is 11.3 Å². The zero-order valence-electron chi connectivity index (χ0n) is 18.5. The molecule has 3 aromatic heterocycles. The van der Waals surface area contributed by atoms with E-state index in [1.165, 1.54) is 17.7 Å². The number of oxazole rings is 1. The Hall–Kier alpha value is -3.46. The molecule has 170 valence electrons. The second-order valence-electron chi connectivity index (χ2n) is 8.17. The quantitative estimate of drug-likeness (QED) is 0.474. The third-order valence-corrected chi connectivity index (χ3v) is 7.25. The molecule has 5 rings (SSSR count). The van der Waals surface area contributed by atoms with Gasteiger partial charge in [0, 0.05) is 13.0 Å². The number of fused-ring (bicyclic) bond motifs is 1. The van der Waals surface area contributed by atoms with E-state index >= 15 is 0 Å². The van der Waals surface area contributed by atoms with E-state index in [4.69, 9.17) is 9.15 Å². The minimum absolute atomic E-state index is 0.104. The molecular formula is C24H24N4O4S. The van der Waals surface area contributed by atoms with Gasteiger partial charge < -0.3 is 19.0 Å². The van der Waals surface area contributed by atoms with E-state index in [-0.39, 0.29) is 17.5 Å². The van der Waals surface area contributed by atoms with Gasteiger partial charge >= 0.3 is 0 Å². The number of carbonyl (C=O) groups is 1. The maximum atomic E-state index is 13.6. The monoisotopic (exact) mass is 464 g/mol. The van der Waals surface area contributed by atoms with Crippen molar-refractivity contribution < 1.29 is 13.9 Å². The standard InChI is InChI=1S/C24H24N4O4S/c1-14-19-21(29)26-13-27-23(19)33-20(14)24(30)28-9-4-3-8-18(28)22-25-12-17(32-22)11-15-6-5-7-16(10-15)31-2/h5-7,10,12-13,18H,3-4,8-9,11H2,1-2H3,(H,26,27,29). The molecule has 4 heterocycles. The molecule has 1 aliphatic rings. The van der Waals surface area contributed by atoms with Crippen LogP contribution in [0.25, 0.3) is 10.2 Å². The number of H-pyrrole nitrogens is 1. The van der Waals surface area contributed by atoms with Crippen LogP contribution in [0.3, 0.4) is 0 Å². The van der Waals surface area contributed by atoms with Crippen molar-refractivity contribution in [3.63, 3.8) is 0 Å². The fourth-order valence-electron chi connectivity index (χ4n) is 4.39. The summed E-state index contributed by atoms with van der Waals surface area (Å²) in [6.07, 6.45) is 6.40. The van der Waals surface area contributed by atoms with Crippen molar-refractivity contribution in [2.45, 2.75) is 38.6 Å². The van der Waals surface area contributed by atoms with Crippen LogP contribution < -0.4 is 10.3 Å². The van der Waals surface area contributed by atoms with Crippen LogP contribution in [0.5, 0.6) is 5.75 Å². The lowest BCUT2D eigenvalue weighted by molar-refractivity contribution is 0.0574. The zero-order valence-corrected chi connectivity index (χ0v) is 19.3. The Morgan fingerprint density at radius 3 is 3.03 bits per heavy atom. The molecule has 0 saturated carbocycles. The molecule has 0 spiro atoms. The average Bonchev–Trinajstić information content (AvgIpc) is 3.44. The van der Waals surface area contributed by atoms with E-state index in [0.717, 1.165) is 36.3 Å². The molecule has 1 amide bonds. The van der Waals surface area contributed by atoms with Crippen molar-refractivity contribution in [1.82, 2.24) is 19.9 Å². The fraction of sp³-hybridized carbons (Fsp3) is 0.333. The van der Waals surface area contributed by atoms with Gasteiger partial charge in [-0.3, -0.25) is 9.59 Å². The van der Waals surface area contributed by atoms with Crippen LogP contribution in [0.15, 0.2) is 46.0 Å². The number of aromatic nitrogens is 3. The number of benzene rings is 1. The van der Waals surface area contributed by atoms with Gasteiger partial charge in [-0.15, -0.1) is 11.3 Å². The Kier molecular flexibility index (Phi) is 5.72. The minimum atomic E-state index is -0.235. The zero-order chi connectivity index (χ0) is 22.9. The number of thiophene rings is 1. The predicted molar refractivity (Wildman–Crippen MR) is 125 cm³/mol. The van der Waals surface area contributed by atoms with E-state index in [1.54, 1.807) is 20.2 Å². The summed E-state index contributed by atoms with van der Waals surface area (Å²) in [7, 11) is 1.64. The minimum Gasteiger partial charge on any atom is -0.497 e. The molecule has 1 aromatic carbocycles. The number of aryl methyl sites for hydroxylation is 1. The molecule has 1 aliphatic heterocycles. The van der Waals surface area contributed by atoms with Crippen LogP contribution in [0.1, 0.15) is 57.8 Å². The van der Waals surface area contributed by atoms with Gasteiger partial charge in [0.05, 0.1) is 29.9 Å². The van der Waals surface area contributed by atoms with E-state index in [9.17, 15) is 9.59 Å². The van der Waals surface area contributed by atoms with Crippen molar-refractivity contribution >= 4 is 27.5 Å². The number of hydrogen-bond donors (Lipinski definition) is 1. The second-order valence-corrected chi connectivity index (χ2v) is 9.17. The molecule has 0 radical (unpaired) electrons. The van der Waals surface area contributed by atoms with Gasteiger partial charge in [0.2, 0.25) is 5.89 Å². The Bertz CT molecular complexity index is 1370. The highest BCUT2D eigenvalue weighted by molar-refractivity contribution is 7.20. The van der Waals surface area contributed by atoms with Crippen molar-refractivity contribution in [3.8, 4) is 5.75 Å². The lowest BCUT2D eigenvalue weighted by Gasteiger charge is -2.33. The molecule has 1 saturated heterocycles. The third kappa shape index (κ3) is 4.04. The smallest absolute Gasteiger partial charge is 0.264 e. The molecule has 1 fully saturated rings. The molecule has 0 aliphatic carbocycles. The Morgan fingerprint density at radius 1 is 1.33 bits per heavy atom. The molecule has 33 heavy (non-hydrogen) atoms. The number of aromatic amines is 1. The van der Waals surface area contributed by atoms with Gasteiger partial charge in [0.25, 0.3) is 11.5 Å². The number of nitrogens with one attached hydrogen (secondary N) is 1. The largest absolute Gasteiger partial charge is 0.497 e. The second kappa shape index (κ2) is 8.82. The molecule has 1 atom stereocenters. The number of ether oxygens (including phenoxy) is 1. The summed E-state index contributed by atoms with van der Waals surface area (Å²) in [4.78, 5) is 40.1. The molecular weight excluding hydrogens is 440 g/mol. The number of likely N-dealkylation sites (tertiary alicyclic amines) is 1. The molecule has 0 bridgehead atoms. The third-order valence-electron chi connectivity index (χ3n) is 6.06. The molecule has 4 aromatic rings. The molecule has 1 unspecified atom stereocenters. The summed E-state index contributed by atoms with van der Waals surface area (Å²) >= 11 is 1.26. The maximum absolute atomic E-state index is 13.6. The van der Waals surface area contributed by atoms with Gasteiger partial charge in [-0.2, -0.15) is 0 Å². The number of piperidine rings is 1. The van der Waals surface area contributed by atoms with Crippen LogP contribution in [-0.2, 0) is 6.42 Å². The first kappa shape index (κ1) is 21.4.